The molecule has 0 atom stereocenters. The number of nitrogens with one attached hydrogen (secondary N) is 1. The van der Waals surface area contributed by atoms with Crippen LogP contribution in [-0.4, -0.2) is 23.8 Å². The fraction of sp³-hybridized carbons (Fsp3) is 0.167. The van der Waals surface area contributed by atoms with Crippen molar-refractivity contribution in [2.75, 3.05) is 11.9 Å². The van der Waals surface area contributed by atoms with Crippen molar-refractivity contribution < 1.29 is 19.4 Å². The number of amides is 1. The Labute approximate surface area is 184 Å². The van der Waals surface area contributed by atoms with Gasteiger partial charge in [-0.1, -0.05) is 53.6 Å². The molecule has 8 nitrogen and oxygen atoms in total. The number of hydrogen-bond donors (Lipinski definition) is 2. The van der Waals surface area contributed by atoms with Gasteiger partial charge in [-0.25, -0.2) is 4.79 Å². The number of carboxylic acids is 1. The lowest BCUT2D eigenvalue weighted by Crippen LogP contribution is -2.18. The van der Waals surface area contributed by atoms with Crippen molar-refractivity contribution in [1.82, 2.24) is 0 Å². The van der Waals surface area contributed by atoms with Gasteiger partial charge in [0.05, 0.1) is 6.42 Å². The SMILES string of the molecule is Cc1c(CC(=O)O)cc(NC(=O)OCC2c3ccccc3-c3ccccc32)cc1N=[N+]=[N-]. The van der Waals surface area contributed by atoms with E-state index in [0.29, 0.717) is 16.8 Å². The molecule has 0 saturated carbocycles. The predicted octanol–water partition coefficient (Wildman–Crippen LogP) is 5.92. The number of anilines is 1. The summed E-state index contributed by atoms with van der Waals surface area (Å²) >= 11 is 0. The average Bonchev–Trinajstić information content (AvgIpc) is 3.09. The van der Waals surface area contributed by atoms with Crippen LogP contribution in [0.2, 0.25) is 0 Å². The van der Waals surface area contributed by atoms with E-state index >= 15 is 0 Å². The Bertz CT molecular complexity index is 1220. The van der Waals surface area contributed by atoms with Crippen molar-refractivity contribution in [1.29, 1.82) is 0 Å². The summed E-state index contributed by atoms with van der Waals surface area (Å²) in [5, 5.41) is 15.3. The van der Waals surface area contributed by atoms with E-state index in [0.717, 1.165) is 22.3 Å². The van der Waals surface area contributed by atoms with E-state index in [4.69, 9.17) is 15.4 Å². The van der Waals surface area contributed by atoms with Gasteiger partial charge in [-0.2, -0.15) is 0 Å². The number of nitrogens with zero attached hydrogens (tertiary/aromatic N) is 3. The lowest BCUT2D eigenvalue weighted by molar-refractivity contribution is -0.136. The van der Waals surface area contributed by atoms with E-state index < -0.39 is 12.1 Å². The van der Waals surface area contributed by atoms with Crippen LogP contribution < -0.4 is 5.32 Å². The maximum absolute atomic E-state index is 12.5. The van der Waals surface area contributed by atoms with Gasteiger partial charge in [0.25, 0.3) is 0 Å². The molecule has 3 aromatic carbocycles. The molecule has 3 aromatic rings. The predicted molar refractivity (Wildman–Crippen MR) is 120 cm³/mol. The molecular weight excluding hydrogens is 408 g/mol. The molecule has 0 heterocycles. The first-order valence-electron chi connectivity index (χ1n) is 10.0. The summed E-state index contributed by atoms with van der Waals surface area (Å²) in [6.07, 6.45) is -0.941. The molecule has 0 fully saturated rings. The highest BCUT2D eigenvalue weighted by Crippen LogP contribution is 2.44. The van der Waals surface area contributed by atoms with Crippen molar-refractivity contribution in [3.63, 3.8) is 0 Å². The average molecular weight is 428 g/mol. The van der Waals surface area contributed by atoms with Crippen LogP contribution in [0, 0.1) is 6.92 Å². The number of carbonyl (C=O) groups is 2. The fourth-order valence-corrected chi connectivity index (χ4v) is 4.08. The minimum atomic E-state index is -1.03. The summed E-state index contributed by atoms with van der Waals surface area (Å²) < 4.78 is 5.52. The summed E-state index contributed by atoms with van der Waals surface area (Å²) in [5.41, 5.74) is 14.8. The molecule has 0 aliphatic heterocycles. The Balaban J connectivity index is 1.52. The first-order valence-corrected chi connectivity index (χ1v) is 10.0. The van der Waals surface area contributed by atoms with Crippen molar-refractivity contribution >= 4 is 23.4 Å². The molecule has 4 rings (SSSR count). The van der Waals surface area contributed by atoms with Crippen molar-refractivity contribution in [2.24, 2.45) is 5.11 Å². The molecule has 0 spiro atoms. The standard InChI is InChI=1S/C24H20N4O4/c1-14-15(11-23(29)30)10-16(12-22(14)27-28-25)26-24(31)32-13-21-19-8-4-2-6-17(19)18-7-3-5-9-20(18)21/h2-10,12,21H,11,13H2,1H3,(H,26,31)(H,29,30). The van der Waals surface area contributed by atoms with Crippen LogP contribution in [-0.2, 0) is 16.0 Å². The van der Waals surface area contributed by atoms with Gasteiger partial charge < -0.3 is 9.84 Å². The highest BCUT2D eigenvalue weighted by atomic mass is 16.5. The third-order valence-electron chi connectivity index (χ3n) is 5.57. The van der Waals surface area contributed by atoms with Crippen LogP contribution in [0.4, 0.5) is 16.2 Å². The second-order valence-electron chi connectivity index (χ2n) is 7.49. The van der Waals surface area contributed by atoms with Gasteiger partial charge in [0.15, 0.2) is 0 Å². The summed E-state index contributed by atoms with van der Waals surface area (Å²) in [5.74, 6) is -1.11. The zero-order chi connectivity index (χ0) is 22.7. The lowest BCUT2D eigenvalue weighted by Gasteiger charge is -2.15. The fourth-order valence-electron chi connectivity index (χ4n) is 4.08. The molecular formula is C24H20N4O4. The van der Waals surface area contributed by atoms with E-state index in [2.05, 4.69) is 27.5 Å². The van der Waals surface area contributed by atoms with E-state index in [1.54, 1.807) is 13.0 Å². The zero-order valence-corrected chi connectivity index (χ0v) is 17.3. The molecule has 0 unspecified atom stereocenters. The van der Waals surface area contributed by atoms with E-state index in [1.165, 1.54) is 6.07 Å². The number of hydrogen-bond acceptors (Lipinski definition) is 4. The number of rotatable bonds is 6. The van der Waals surface area contributed by atoms with Gasteiger partial charge in [-0.15, -0.1) is 0 Å². The van der Waals surface area contributed by atoms with Crippen LogP contribution in [0.3, 0.4) is 0 Å². The molecule has 0 radical (unpaired) electrons. The van der Waals surface area contributed by atoms with E-state index in [9.17, 15) is 9.59 Å². The Morgan fingerprint density at radius 2 is 1.72 bits per heavy atom. The zero-order valence-electron chi connectivity index (χ0n) is 17.3. The highest BCUT2D eigenvalue weighted by Gasteiger charge is 2.29. The second kappa shape index (κ2) is 8.83. The Hall–Kier alpha value is -4.29. The number of carboxylic acid groups (broad SMARTS) is 1. The Morgan fingerprint density at radius 1 is 1.09 bits per heavy atom. The molecule has 1 aliphatic carbocycles. The Morgan fingerprint density at radius 3 is 2.31 bits per heavy atom. The molecule has 0 saturated heterocycles. The minimum Gasteiger partial charge on any atom is -0.481 e. The van der Waals surface area contributed by atoms with Gasteiger partial charge in [0, 0.05) is 22.2 Å². The van der Waals surface area contributed by atoms with E-state index in [1.807, 2.05) is 36.4 Å². The monoisotopic (exact) mass is 428 g/mol. The number of benzene rings is 3. The number of azide groups is 1. The summed E-state index contributed by atoms with van der Waals surface area (Å²) in [7, 11) is 0. The first-order chi connectivity index (χ1) is 15.5. The summed E-state index contributed by atoms with van der Waals surface area (Å²) in [6, 6.07) is 19.1. The summed E-state index contributed by atoms with van der Waals surface area (Å²) in [4.78, 5) is 26.5. The van der Waals surface area contributed by atoms with Crippen LogP contribution >= 0.6 is 0 Å². The number of carbonyl (C=O) groups excluding carboxylic acids is 1. The number of ether oxygens (including phenoxy) is 1. The van der Waals surface area contributed by atoms with Crippen molar-refractivity contribution in [3.8, 4) is 11.1 Å². The van der Waals surface area contributed by atoms with Gasteiger partial charge in [0.1, 0.15) is 6.61 Å². The summed E-state index contributed by atoms with van der Waals surface area (Å²) in [6.45, 7) is 1.82. The van der Waals surface area contributed by atoms with Crippen LogP contribution in [0.25, 0.3) is 21.6 Å². The molecule has 2 N–H and O–H groups in total. The van der Waals surface area contributed by atoms with Gasteiger partial charge in [-0.05, 0) is 58.0 Å². The maximum atomic E-state index is 12.5. The highest BCUT2D eigenvalue weighted by molar-refractivity contribution is 5.87. The van der Waals surface area contributed by atoms with E-state index in [-0.39, 0.29) is 24.6 Å². The first kappa shape index (κ1) is 21.0. The smallest absolute Gasteiger partial charge is 0.411 e. The molecule has 160 valence electrons. The largest absolute Gasteiger partial charge is 0.481 e. The third-order valence-corrected chi connectivity index (χ3v) is 5.57. The molecule has 1 amide bonds. The minimum absolute atomic E-state index is 0.0764. The molecule has 8 heteroatoms. The van der Waals surface area contributed by atoms with Crippen LogP contribution in [0.1, 0.15) is 28.2 Å². The van der Waals surface area contributed by atoms with Crippen LogP contribution in [0.15, 0.2) is 65.8 Å². The van der Waals surface area contributed by atoms with Gasteiger partial charge in [0.2, 0.25) is 0 Å². The third kappa shape index (κ3) is 4.12. The molecule has 1 aliphatic rings. The van der Waals surface area contributed by atoms with Gasteiger partial charge in [-0.3, -0.25) is 10.1 Å². The molecule has 32 heavy (non-hydrogen) atoms. The second-order valence-corrected chi connectivity index (χ2v) is 7.49. The van der Waals surface area contributed by atoms with Crippen molar-refractivity contribution in [3.05, 3.63) is 93.4 Å². The number of fused-ring (bicyclic) bond motifs is 3. The quantitative estimate of drug-likeness (QED) is 0.287. The van der Waals surface area contributed by atoms with Crippen LogP contribution in [0.5, 0.6) is 0 Å². The lowest BCUT2D eigenvalue weighted by atomic mass is 9.98. The normalized spacial score (nSPS) is 11.8. The number of aliphatic carboxylic acids is 1. The Kier molecular flexibility index (Phi) is 5.79. The maximum Gasteiger partial charge on any atom is 0.411 e. The topological polar surface area (TPSA) is 124 Å². The molecule has 0 bridgehead atoms. The van der Waals surface area contributed by atoms with Crippen molar-refractivity contribution in [2.45, 2.75) is 19.3 Å². The molecule has 0 aromatic heterocycles. The van der Waals surface area contributed by atoms with Gasteiger partial charge >= 0.3 is 12.1 Å².